The molecule has 0 saturated carbocycles. The molecule has 2 amide bonds. The maximum absolute atomic E-state index is 14.7. The standard InChI is InChI=1S/C37H42BrN3O5S/c1-6-28(4)39-37(43)34(23-29-10-8-7-9-11-29)40(24-30-15-17-31(38)18-16-30)36(42)25-41(33-22-27(3)14-21-35(33)46-5)47(44,45)32-19-12-26(2)13-20-32/h7-22,28,34H,6,23-25H2,1-5H3,(H,39,43)/t28-,34-/m1/s1. The van der Waals surface area contributed by atoms with Gasteiger partial charge in [0.15, 0.2) is 0 Å². The quantitative estimate of drug-likeness (QED) is 0.154. The van der Waals surface area contributed by atoms with Crippen molar-refractivity contribution in [1.29, 1.82) is 0 Å². The van der Waals surface area contributed by atoms with Gasteiger partial charge in [-0.2, -0.15) is 0 Å². The largest absolute Gasteiger partial charge is 0.495 e. The summed E-state index contributed by atoms with van der Waals surface area (Å²) in [6, 6.07) is 27.6. The fourth-order valence-corrected chi connectivity index (χ4v) is 6.81. The van der Waals surface area contributed by atoms with Crippen molar-refractivity contribution in [3.05, 3.63) is 124 Å². The third-order valence-corrected chi connectivity index (χ3v) is 10.3. The van der Waals surface area contributed by atoms with Gasteiger partial charge in [0.25, 0.3) is 10.0 Å². The van der Waals surface area contributed by atoms with Crippen LogP contribution in [0.25, 0.3) is 0 Å². The molecule has 0 aliphatic heterocycles. The van der Waals surface area contributed by atoms with Crippen molar-refractivity contribution in [2.75, 3.05) is 18.0 Å². The molecule has 4 rings (SSSR count). The summed E-state index contributed by atoms with van der Waals surface area (Å²) in [6.45, 7) is 7.13. The van der Waals surface area contributed by atoms with E-state index in [4.69, 9.17) is 4.74 Å². The Kier molecular flexibility index (Phi) is 12.2. The number of carbonyl (C=O) groups excluding carboxylic acids is 2. The van der Waals surface area contributed by atoms with E-state index in [2.05, 4.69) is 21.2 Å². The van der Waals surface area contributed by atoms with Gasteiger partial charge in [-0.25, -0.2) is 8.42 Å². The molecule has 10 heteroatoms. The first-order valence-corrected chi connectivity index (χ1v) is 17.8. The number of amides is 2. The predicted molar refractivity (Wildman–Crippen MR) is 190 cm³/mol. The second-order valence-corrected chi connectivity index (χ2v) is 14.4. The number of nitrogens with zero attached hydrogens (tertiary/aromatic N) is 2. The maximum atomic E-state index is 14.7. The van der Waals surface area contributed by atoms with Crippen LogP contribution in [-0.2, 0) is 32.6 Å². The smallest absolute Gasteiger partial charge is 0.264 e. The van der Waals surface area contributed by atoms with E-state index in [0.29, 0.717) is 12.2 Å². The van der Waals surface area contributed by atoms with E-state index in [0.717, 1.165) is 31.0 Å². The molecule has 0 unspecified atom stereocenters. The molecule has 1 N–H and O–H groups in total. The zero-order valence-corrected chi connectivity index (χ0v) is 29.8. The number of sulfonamides is 1. The van der Waals surface area contributed by atoms with Crippen molar-refractivity contribution in [2.45, 2.75) is 64.1 Å². The van der Waals surface area contributed by atoms with Gasteiger partial charge in [0.05, 0.1) is 17.7 Å². The number of ether oxygens (including phenoxy) is 1. The van der Waals surface area contributed by atoms with Crippen molar-refractivity contribution in [3.63, 3.8) is 0 Å². The number of nitrogens with one attached hydrogen (secondary N) is 1. The van der Waals surface area contributed by atoms with Gasteiger partial charge >= 0.3 is 0 Å². The van der Waals surface area contributed by atoms with Crippen LogP contribution in [0.1, 0.15) is 42.5 Å². The van der Waals surface area contributed by atoms with Crippen LogP contribution in [0.2, 0.25) is 0 Å². The van der Waals surface area contributed by atoms with Gasteiger partial charge in [-0.3, -0.25) is 13.9 Å². The molecule has 0 saturated heterocycles. The summed E-state index contributed by atoms with van der Waals surface area (Å²) in [5.41, 5.74) is 3.58. The SMILES string of the molecule is CC[C@@H](C)NC(=O)[C@@H](Cc1ccccc1)N(Cc1ccc(Br)cc1)C(=O)CN(c1cc(C)ccc1OC)S(=O)(=O)c1ccc(C)cc1. The number of anilines is 1. The number of aryl methyl sites for hydroxylation is 2. The molecule has 2 atom stereocenters. The third-order valence-electron chi connectivity index (χ3n) is 8.03. The highest BCUT2D eigenvalue weighted by Crippen LogP contribution is 2.34. The first kappa shape index (κ1) is 35.7. The van der Waals surface area contributed by atoms with Crippen LogP contribution in [0.15, 0.2) is 106 Å². The second-order valence-electron chi connectivity index (χ2n) is 11.7. The molecule has 0 bridgehead atoms. The average Bonchev–Trinajstić information content (AvgIpc) is 3.06. The fraction of sp³-hybridized carbons (Fsp3) is 0.297. The van der Waals surface area contributed by atoms with Crippen LogP contribution in [0.4, 0.5) is 5.69 Å². The molecule has 0 aliphatic rings. The van der Waals surface area contributed by atoms with Crippen LogP contribution in [0, 0.1) is 13.8 Å². The lowest BCUT2D eigenvalue weighted by atomic mass is 10.0. The van der Waals surface area contributed by atoms with E-state index in [9.17, 15) is 18.0 Å². The first-order chi connectivity index (χ1) is 22.4. The Balaban J connectivity index is 1.85. The van der Waals surface area contributed by atoms with Crippen LogP contribution in [0.3, 0.4) is 0 Å². The Hall–Kier alpha value is -4.15. The van der Waals surface area contributed by atoms with Crippen molar-refractivity contribution in [1.82, 2.24) is 10.2 Å². The fourth-order valence-electron chi connectivity index (χ4n) is 5.13. The molecule has 0 fully saturated rings. The summed E-state index contributed by atoms with van der Waals surface area (Å²) in [7, 11) is -2.80. The summed E-state index contributed by atoms with van der Waals surface area (Å²) < 4.78 is 36.3. The Morgan fingerprint density at radius 1 is 0.872 bits per heavy atom. The summed E-state index contributed by atoms with van der Waals surface area (Å²) in [5.74, 6) is -0.545. The molecule has 0 aromatic heterocycles. The highest BCUT2D eigenvalue weighted by atomic mass is 79.9. The molecule has 0 aliphatic carbocycles. The van der Waals surface area contributed by atoms with E-state index in [1.807, 2.05) is 88.4 Å². The van der Waals surface area contributed by atoms with E-state index in [1.165, 1.54) is 24.1 Å². The van der Waals surface area contributed by atoms with Gasteiger partial charge in [0.1, 0.15) is 18.3 Å². The van der Waals surface area contributed by atoms with E-state index in [1.54, 1.807) is 24.3 Å². The topological polar surface area (TPSA) is 96.0 Å². The zero-order chi connectivity index (χ0) is 34.1. The first-order valence-electron chi connectivity index (χ1n) is 15.5. The zero-order valence-electron chi connectivity index (χ0n) is 27.4. The minimum Gasteiger partial charge on any atom is -0.495 e. The summed E-state index contributed by atoms with van der Waals surface area (Å²) >= 11 is 3.47. The molecule has 4 aromatic rings. The Morgan fingerprint density at radius 2 is 1.51 bits per heavy atom. The number of hydrogen-bond acceptors (Lipinski definition) is 5. The number of methoxy groups -OCH3 is 1. The number of rotatable bonds is 14. The van der Waals surface area contributed by atoms with Crippen LogP contribution < -0.4 is 14.4 Å². The molecule has 8 nitrogen and oxygen atoms in total. The number of halogens is 1. The lowest BCUT2D eigenvalue weighted by molar-refractivity contribution is -0.140. The normalized spacial score (nSPS) is 12.6. The molecular formula is C37H42BrN3O5S. The predicted octanol–water partition coefficient (Wildman–Crippen LogP) is 6.82. The second kappa shape index (κ2) is 16.1. The van der Waals surface area contributed by atoms with Gasteiger partial charge in [-0.05, 0) is 80.3 Å². The van der Waals surface area contributed by atoms with E-state index in [-0.39, 0.29) is 35.5 Å². The highest BCUT2D eigenvalue weighted by Gasteiger charge is 2.36. The highest BCUT2D eigenvalue weighted by molar-refractivity contribution is 9.10. The molecule has 4 aromatic carbocycles. The molecule has 47 heavy (non-hydrogen) atoms. The molecule has 0 heterocycles. The lowest BCUT2D eigenvalue weighted by Crippen LogP contribution is -2.54. The lowest BCUT2D eigenvalue weighted by Gasteiger charge is -2.34. The Morgan fingerprint density at radius 3 is 2.13 bits per heavy atom. The third kappa shape index (κ3) is 9.23. The monoisotopic (exact) mass is 719 g/mol. The van der Waals surface area contributed by atoms with Gasteiger partial charge in [0.2, 0.25) is 11.8 Å². The molecule has 248 valence electrons. The summed E-state index contributed by atoms with van der Waals surface area (Å²) in [4.78, 5) is 30.2. The molecular weight excluding hydrogens is 678 g/mol. The average molecular weight is 721 g/mol. The van der Waals surface area contributed by atoms with Crippen LogP contribution in [-0.4, -0.2) is 50.9 Å². The minimum atomic E-state index is -4.26. The van der Waals surface area contributed by atoms with Gasteiger partial charge in [-0.1, -0.05) is 89.1 Å². The Bertz CT molecular complexity index is 1760. The van der Waals surface area contributed by atoms with Gasteiger partial charge in [-0.15, -0.1) is 0 Å². The van der Waals surface area contributed by atoms with Crippen molar-refractivity contribution in [2.24, 2.45) is 0 Å². The molecule has 0 spiro atoms. The van der Waals surface area contributed by atoms with Gasteiger partial charge < -0.3 is 15.0 Å². The van der Waals surface area contributed by atoms with Crippen molar-refractivity contribution in [3.8, 4) is 5.75 Å². The minimum absolute atomic E-state index is 0.0364. The Labute approximate surface area is 286 Å². The molecule has 0 radical (unpaired) electrons. The maximum Gasteiger partial charge on any atom is 0.264 e. The van der Waals surface area contributed by atoms with Crippen molar-refractivity contribution >= 4 is 43.5 Å². The summed E-state index contributed by atoms with van der Waals surface area (Å²) in [5, 5.41) is 3.06. The number of benzene rings is 4. The van der Waals surface area contributed by atoms with Gasteiger partial charge in [0, 0.05) is 23.5 Å². The van der Waals surface area contributed by atoms with E-state index >= 15 is 0 Å². The summed E-state index contributed by atoms with van der Waals surface area (Å²) in [6.07, 6.45) is 0.948. The number of carbonyl (C=O) groups is 2. The van der Waals surface area contributed by atoms with Crippen molar-refractivity contribution < 1.29 is 22.7 Å². The van der Waals surface area contributed by atoms with Crippen LogP contribution in [0.5, 0.6) is 5.75 Å². The number of hydrogen-bond donors (Lipinski definition) is 1. The van der Waals surface area contributed by atoms with E-state index < -0.39 is 28.5 Å². The van der Waals surface area contributed by atoms with Crippen LogP contribution >= 0.6 is 15.9 Å².